The number of benzene rings is 1. The van der Waals surface area contributed by atoms with E-state index in [9.17, 15) is 4.79 Å². The molecule has 0 heterocycles. The Morgan fingerprint density at radius 3 is 2.64 bits per heavy atom. The standard InChI is InChI=1S/C13H18O/c1-12(7-5-6-10-14)11-13-8-3-2-4-9-13/h2-4,8-10,12H,5-7,11H2,1H3. The van der Waals surface area contributed by atoms with Crippen molar-refractivity contribution in [3.8, 4) is 0 Å². The molecule has 1 nitrogen and oxygen atoms in total. The third kappa shape index (κ3) is 4.22. The largest absolute Gasteiger partial charge is 0.303 e. The molecule has 0 spiro atoms. The van der Waals surface area contributed by atoms with E-state index in [4.69, 9.17) is 0 Å². The van der Waals surface area contributed by atoms with Crippen LogP contribution in [-0.2, 0) is 11.2 Å². The Morgan fingerprint density at radius 1 is 1.29 bits per heavy atom. The van der Waals surface area contributed by atoms with E-state index in [1.54, 1.807) is 0 Å². The molecule has 76 valence electrons. The molecule has 0 saturated carbocycles. The van der Waals surface area contributed by atoms with E-state index in [1.165, 1.54) is 5.56 Å². The molecular formula is C13H18O. The molecule has 0 fully saturated rings. The van der Waals surface area contributed by atoms with Gasteiger partial charge in [0.25, 0.3) is 0 Å². The predicted molar refractivity (Wildman–Crippen MR) is 59.2 cm³/mol. The molecule has 0 aromatic heterocycles. The highest BCUT2D eigenvalue weighted by Crippen LogP contribution is 2.13. The first-order valence-corrected chi connectivity index (χ1v) is 5.30. The van der Waals surface area contributed by atoms with Crippen LogP contribution in [0.25, 0.3) is 0 Å². The third-order valence-electron chi connectivity index (χ3n) is 2.45. The zero-order valence-corrected chi connectivity index (χ0v) is 8.78. The van der Waals surface area contributed by atoms with Crippen molar-refractivity contribution in [1.82, 2.24) is 0 Å². The monoisotopic (exact) mass is 190 g/mol. The maximum absolute atomic E-state index is 10.1. The predicted octanol–water partition coefficient (Wildman–Crippen LogP) is 3.23. The average molecular weight is 190 g/mol. The van der Waals surface area contributed by atoms with Gasteiger partial charge in [-0.05, 0) is 30.7 Å². The van der Waals surface area contributed by atoms with Gasteiger partial charge in [-0.1, -0.05) is 37.3 Å². The first kappa shape index (κ1) is 11.0. The molecular weight excluding hydrogens is 172 g/mol. The van der Waals surface area contributed by atoms with Crippen LogP contribution in [0.5, 0.6) is 0 Å². The maximum Gasteiger partial charge on any atom is 0.119 e. The van der Waals surface area contributed by atoms with Crippen LogP contribution in [0.15, 0.2) is 30.3 Å². The Balaban J connectivity index is 2.26. The van der Waals surface area contributed by atoms with Crippen molar-refractivity contribution in [2.24, 2.45) is 5.92 Å². The zero-order valence-electron chi connectivity index (χ0n) is 8.78. The number of carbonyl (C=O) groups excluding carboxylic acids is 1. The zero-order chi connectivity index (χ0) is 10.2. The van der Waals surface area contributed by atoms with Crippen molar-refractivity contribution < 1.29 is 4.79 Å². The lowest BCUT2D eigenvalue weighted by Gasteiger charge is -2.09. The Hall–Kier alpha value is -1.11. The lowest BCUT2D eigenvalue weighted by molar-refractivity contribution is -0.107. The summed E-state index contributed by atoms with van der Waals surface area (Å²) < 4.78 is 0. The van der Waals surface area contributed by atoms with Crippen molar-refractivity contribution in [2.75, 3.05) is 0 Å². The van der Waals surface area contributed by atoms with Crippen LogP contribution in [0.2, 0.25) is 0 Å². The topological polar surface area (TPSA) is 17.1 Å². The highest BCUT2D eigenvalue weighted by atomic mass is 16.1. The first-order valence-electron chi connectivity index (χ1n) is 5.30. The lowest BCUT2D eigenvalue weighted by Crippen LogP contribution is -1.99. The molecule has 1 aromatic rings. The van der Waals surface area contributed by atoms with Crippen LogP contribution < -0.4 is 0 Å². The summed E-state index contributed by atoms with van der Waals surface area (Å²) in [6.07, 6.45) is 5.01. The fraction of sp³-hybridized carbons (Fsp3) is 0.462. The van der Waals surface area contributed by atoms with Gasteiger partial charge in [0.05, 0.1) is 0 Å². The summed E-state index contributed by atoms with van der Waals surface area (Å²) in [6.45, 7) is 2.25. The number of rotatable bonds is 6. The van der Waals surface area contributed by atoms with Crippen molar-refractivity contribution in [1.29, 1.82) is 0 Å². The Bertz CT molecular complexity index is 253. The molecule has 14 heavy (non-hydrogen) atoms. The Morgan fingerprint density at radius 2 is 2.00 bits per heavy atom. The van der Waals surface area contributed by atoms with Crippen LogP contribution >= 0.6 is 0 Å². The van der Waals surface area contributed by atoms with E-state index in [0.29, 0.717) is 12.3 Å². The smallest absolute Gasteiger partial charge is 0.119 e. The van der Waals surface area contributed by atoms with Crippen LogP contribution in [0, 0.1) is 5.92 Å². The van der Waals surface area contributed by atoms with Gasteiger partial charge in [0.1, 0.15) is 6.29 Å². The maximum atomic E-state index is 10.1. The van der Waals surface area contributed by atoms with E-state index in [1.807, 2.05) is 6.07 Å². The van der Waals surface area contributed by atoms with Gasteiger partial charge in [0, 0.05) is 6.42 Å². The summed E-state index contributed by atoms with van der Waals surface area (Å²) in [5.41, 5.74) is 1.39. The molecule has 1 rings (SSSR count). The number of aldehydes is 1. The SMILES string of the molecule is CC(CCCC=O)Cc1ccccc1. The average Bonchev–Trinajstić information content (AvgIpc) is 2.20. The summed E-state index contributed by atoms with van der Waals surface area (Å²) in [6, 6.07) is 10.5. The summed E-state index contributed by atoms with van der Waals surface area (Å²) in [4.78, 5) is 10.1. The van der Waals surface area contributed by atoms with Gasteiger partial charge < -0.3 is 4.79 Å². The third-order valence-corrected chi connectivity index (χ3v) is 2.45. The molecule has 0 aliphatic rings. The van der Waals surface area contributed by atoms with Gasteiger partial charge in [0.15, 0.2) is 0 Å². The van der Waals surface area contributed by atoms with Crippen molar-refractivity contribution in [3.63, 3.8) is 0 Å². The highest BCUT2D eigenvalue weighted by Gasteiger charge is 2.02. The highest BCUT2D eigenvalue weighted by molar-refractivity contribution is 5.48. The second-order valence-corrected chi connectivity index (χ2v) is 3.89. The lowest BCUT2D eigenvalue weighted by atomic mass is 9.96. The number of unbranched alkanes of at least 4 members (excludes halogenated alkanes) is 1. The number of carbonyl (C=O) groups is 1. The van der Waals surface area contributed by atoms with E-state index in [0.717, 1.165) is 25.5 Å². The van der Waals surface area contributed by atoms with Crippen molar-refractivity contribution >= 4 is 6.29 Å². The second-order valence-electron chi connectivity index (χ2n) is 3.89. The summed E-state index contributed by atoms with van der Waals surface area (Å²) in [7, 11) is 0. The molecule has 0 aliphatic heterocycles. The molecule has 0 amide bonds. The molecule has 1 unspecified atom stereocenters. The number of hydrogen-bond donors (Lipinski definition) is 0. The molecule has 0 bridgehead atoms. The fourth-order valence-corrected chi connectivity index (χ4v) is 1.67. The second kappa shape index (κ2) is 6.36. The van der Waals surface area contributed by atoms with Crippen LogP contribution in [0.3, 0.4) is 0 Å². The minimum absolute atomic E-state index is 0.678. The van der Waals surface area contributed by atoms with Gasteiger partial charge in [-0.25, -0.2) is 0 Å². The fourth-order valence-electron chi connectivity index (χ4n) is 1.67. The van der Waals surface area contributed by atoms with Crippen LogP contribution in [0.1, 0.15) is 31.7 Å². The molecule has 0 saturated heterocycles. The van der Waals surface area contributed by atoms with Crippen LogP contribution in [-0.4, -0.2) is 6.29 Å². The van der Waals surface area contributed by atoms with Gasteiger partial charge in [-0.3, -0.25) is 0 Å². The summed E-state index contributed by atoms with van der Waals surface area (Å²) in [5, 5.41) is 0. The quantitative estimate of drug-likeness (QED) is 0.497. The van der Waals surface area contributed by atoms with E-state index in [2.05, 4.69) is 31.2 Å². The molecule has 0 radical (unpaired) electrons. The van der Waals surface area contributed by atoms with Crippen molar-refractivity contribution in [2.45, 2.75) is 32.6 Å². The molecule has 1 aromatic carbocycles. The van der Waals surface area contributed by atoms with E-state index < -0.39 is 0 Å². The van der Waals surface area contributed by atoms with Gasteiger partial charge in [-0.2, -0.15) is 0 Å². The first-order chi connectivity index (χ1) is 6.83. The van der Waals surface area contributed by atoms with Gasteiger partial charge in [0.2, 0.25) is 0 Å². The molecule has 1 atom stereocenters. The van der Waals surface area contributed by atoms with E-state index >= 15 is 0 Å². The number of hydrogen-bond acceptors (Lipinski definition) is 1. The summed E-state index contributed by atoms with van der Waals surface area (Å²) >= 11 is 0. The van der Waals surface area contributed by atoms with Crippen molar-refractivity contribution in [3.05, 3.63) is 35.9 Å². The minimum Gasteiger partial charge on any atom is -0.303 e. The van der Waals surface area contributed by atoms with Gasteiger partial charge in [-0.15, -0.1) is 0 Å². The minimum atomic E-state index is 0.678. The molecule has 1 heteroatoms. The molecule has 0 aliphatic carbocycles. The summed E-state index contributed by atoms with van der Waals surface area (Å²) in [5.74, 6) is 0.678. The van der Waals surface area contributed by atoms with Crippen LogP contribution in [0.4, 0.5) is 0 Å². The molecule has 0 N–H and O–H groups in total. The van der Waals surface area contributed by atoms with E-state index in [-0.39, 0.29) is 0 Å². The normalized spacial score (nSPS) is 12.4. The van der Waals surface area contributed by atoms with Gasteiger partial charge >= 0.3 is 0 Å². The Kier molecular flexibility index (Phi) is 4.98. The Labute approximate surface area is 86.1 Å².